The highest BCUT2D eigenvalue weighted by molar-refractivity contribution is 6.11. The van der Waals surface area contributed by atoms with Gasteiger partial charge in [0, 0.05) is 23.7 Å². The first-order valence-corrected chi connectivity index (χ1v) is 5.08. The first-order valence-electron chi connectivity index (χ1n) is 5.08. The third-order valence-electron chi connectivity index (χ3n) is 2.95. The van der Waals surface area contributed by atoms with Gasteiger partial charge in [-0.3, -0.25) is 4.79 Å². The average Bonchev–Trinajstić information content (AvgIpc) is 2.52. The molecule has 4 heteroatoms. The van der Waals surface area contributed by atoms with Crippen molar-refractivity contribution in [3.8, 4) is 5.75 Å². The minimum Gasteiger partial charge on any atom is -0.506 e. The molecule has 84 valence electrons. The molecule has 0 bridgehead atoms. The fourth-order valence-corrected chi connectivity index (χ4v) is 2.07. The quantitative estimate of drug-likeness (QED) is 0.747. The van der Waals surface area contributed by atoms with Gasteiger partial charge >= 0.3 is 0 Å². The molecular weight excluding hydrogens is 204 g/mol. The number of nitrogens with zero attached hydrogens (tertiary/aromatic N) is 1. The van der Waals surface area contributed by atoms with Gasteiger partial charge in [0.25, 0.3) is 0 Å². The van der Waals surface area contributed by atoms with Gasteiger partial charge in [-0.05, 0) is 13.0 Å². The lowest BCUT2D eigenvalue weighted by Crippen LogP contribution is -2.14. The lowest BCUT2D eigenvalue weighted by molar-refractivity contribution is 0.100. The van der Waals surface area contributed by atoms with Crippen molar-refractivity contribution in [2.45, 2.75) is 6.92 Å². The normalized spacial score (nSPS) is 10.9. The van der Waals surface area contributed by atoms with E-state index in [1.807, 2.05) is 24.6 Å². The molecule has 2 aromatic rings. The van der Waals surface area contributed by atoms with Crippen LogP contribution in [0.3, 0.4) is 0 Å². The number of aromatic nitrogens is 1. The van der Waals surface area contributed by atoms with Crippen molar-refractivity contribution in [3.63, 3.8) is 0 Å². The van der Waals surface area contributed by atoms with Gasteiger partial charge in [0.1, 0.15) is 5.75 Å². The molecule has 0 saturated heterocycles. The highest BCUT2D eigenvalue weighted by Crippen LogP contribution is 2.31. The number of fused-ring (bicyclic) bond motifs is 1. The number of phenolic OH excluding ortho intramolecular Hbond substituents is 1. The van der Waals surface area contributed by atoms with Crippen molar-refractivity contribution in [3.05, 3.63) is 29.5 Å². The van der Waals surface area contributed by atoms with E-state index in [-0.39, 0.29) is 18.1 Å². The van der Waals surface area contributed by atoms with E-state index < -0.39 is 0 Å². The van der Waals surface area contributed by atoms with E-state index in [0.29, 0.717) is 11.1 Å². The molecule has 1 heterocycles. The second kappa shape index (κ2) is 3.64. The van der Waals surface area contributed by atoms with E-state index in [1.54, 1.807) is 12.1 Å². The Labute approximate surface area is 93.3 Å². The van der Waals surface area contributed by atoms with Gasteiger partial charge < -0.3 is 15.4 Å². The largest absolute Gasteiger partial charge is 0.506 e. The second-order valence-corrected chi connectivity index (χ2v) is 3.82. The molecule has 0 fully saturated rings. The zero-order valence-electron chi connectivity index (χ0n) is 9.32. The molecule has 4 nitrogen and oxygen atoms in total. The van der Waals surface area contributed by atoms with E-state index in [1.165, 1.54) is 0 Å². The summed E-state index contributed by atoms with van der Waals surface area (Å²) in [7, 11) is 1.82. The van der Waals surface area contributed by atoms with Crippen molar-refractivity contribution in [1.82, 2.24) is 4.57 Å². The summed E-state index contributed by atoms with van der Waals surface area (Å²) in [5.41, 5.74) is 7.50. The number of hydrogen-bond donors (Lipinski definition) is 2. The summed E-state index contributed by atoms with van der Waals surface area (Å²) in [6, 6.07) is 5.16. The summed E-state index contributed by atoms with van der Waals surface area (Å²) >= 11 is 0. The Bertz CT molecular complexity index is 570. The number of benzene rings is 1. The summed E-state index contributed by atoms with van der Waals surface area (Å²) in [5, 5.41) is 10.5. The van der Waals surface area contributed by atoms with Crippen LogP contribution in [0, 0.1) is 6.92 Å². The zero-order valence-corrected chi connectivity index (χ0v) is 9.32. The van der Waals surface area contributed by atoms with E-state index in [0.717, 1.165) is 11.1 Å². The summed E-state index contributed by atoms with van der Waals surface area (Å²) in [6.07, 6.45) is 0. The number of phenols is 1. The van der Waals surface area contributed by atoms with Crippen molar-refractivity contribution in [2.24, 2.45) is 12.8 Å². The van der Waals surface area contributed by atoms with Crippen LogP contribution in [0.1, 0.15) is 16.1 Å². The molecule has 0 aliphatic rings. The topological polar surface area (TPSA) is 68.2 Å². The number of aromatic hydroxyl groups is 1. The number of aryl methyl sites for hydroxylation is 1. The number of hydrogen-bond acceptors (Lipinski definition) is 3. The van der Waals surface area contributed by atoms with Crippen LogP contribution in [0.4, 0.5) is 0 Å². The van der Waals surface area contributed by atoms with Gasteiger partial charge in [-0.15, -0.1) is 0 Å². The molecule has 0 atom stereocenters. The Morgan fingerprint density at radius 3 is 2.81 bits per heavy atom. The summed E-state index contributed by atoms with van der Waals surface area (Å²) in [6.45, 7) is 1.83. The predicted octanol–water partition coefficient (Wildman–Crippen LogP) is 1.33. The Kier molecular flexibility index (Phi) is 2.44. The number of para-hydroxylation sites is 1. The lowest BCUT2D eigenvalue weighted by Gasteiger charge is -2.00. The number of ketones is 1. The molecule has 16 heavy (non-hydrogen) atoms. The smallest absolute Gasteiger partial charge is 0.178 e. The molecule has 0 unspecified atom stereocenters. The monoisotopic (exact) mass is 218 g/mol. The van der Waals surface area contributed by atoms with Gasteiger partial charge in [-0.2, -0.15) is 0 Å². The minimum absolute atomic E-state index is 0.0182. The van der Waals surface area contributed by atoms with Crippen LogP contribution in [0.5, 0.6) is 5.75 Å². The lowest BCUT2D eigenvalue weighted by atomic mass is 10.1. The van der Waals surface area contributed by atoms with Crippen LogP contribution in [0.2, 0.25) is 0 Å². The van der Waals surface area contributed by atoms with Gasteiger partial charge in [-0.1, -0.05) is 12.1 Å². The maximum absolute atomic E-state index is 11.8. The highest BCUT2D eigenvalue weighted by atomic mass is 16.3. The van der Waals surface area contributed by atoms with Crippen molar-refractivity contribution < 1.29 is 9.90 Å². The number of rotatable bonds is 2. The van der Waals surface area contributed by atoms with Crippen LogP contribution in [0.15, 0.2) is 18.2 Å². The van der Waals surface area contributed by atoms with Crippen LogP contribution in [-0.4, -0.2) is 22.0 Å². The van der Waals surface area contributed by atoms with Crippen molar-refractivity contribution >= 4 is 16.7 Å². The maximum atomic E-state index is 11.8. The van der Waals surface area contributed by atoms with E-state index in [9.17, 15) is 9.90 Å². The summed E-state index contributed by atoms with van der Waals surface area (Å²) in [4.78, 5) is 11.8. The molecule has 0 aliphatic carbocycles. The fraction of sp³-hybridized carbons (Fsp3) is 0.250. The molecule has 0 spiro atoms. The van der Waals surface area contributed by atoms with E-state index >= 15 is 0 Å². The van der Waals surface area contributed by atoms with Crippen LogP contribution in [0.25, 0.3) is 10.9 Å². The molecular formula is C12H14N2O2. The predicted molar refractivity (Wildman–Crippen MR) is 62.7 cm³/mol. The molecule has 0 aliphatic heterocycles. The fourth-order valence-electron chi connectivity index (χ4n) is 2.07. The first kappa shape index (κ1) is 10.7. The summed E-state index contributed by atoms with van der Waals surface area (Å²) < 4.78 is 1.81. The van der Waals surface area contributed by atoms with Gasteiger partial charge in [-0.25, -0.2) is 0 Å². The Hall–Kier alpha value is -1.81. The Balaban J connectivity index is 2.90. The molecule has 1 aromatic carbocycles. The SMILES string of the molecule is Cc1c(C(=O)CN)c2cccc(O)c2n1C. The Morgan fingerprint density at radius 2 is 2.19 bits per heavy atom. The molecule has 1 aromatic heterocycles. The third-order valence-corrected chi connectivity index (χ3v) is 2.95. The highest BCUT2D eigenvalue weighted by Gasteiger charge is 2.18. The number of Topliss-reactive ketones (excluding diaryl/α,β-unsaturated/α-hetero) is 1. The van der Waals surface area contributed by atoms with Gasteiger partial charge in [0.15, 0.2) is 5.78 Å². The molecule has 0 saturated carbocycles. The Morgan fingerprint density at radius 1 is 1.50 bits per heavy atom. The number of carbonyl (C=O) groups excluding carboxylic acids is 1. The molecule has 0 amide bonds. The third kappa shape index (κ3) is 1.31. The maximum Gasteiger partial charge on any atom is 0.178 e. The van der Waals surface area contributed by atoms with Crippen molar-refractivity contribution in [2.75, 3.05) is 6.54 Å². The standard InChI is InChI=1S/C12H14N2O2/c1-7-11(10(16)6-13)8-4-3-5-9(15)12(8)14(7)2/h3-5,15H,6,13H2,1-2H3. The van der Waals surface area contributed by atoms with Crippen LogP contribution < -0.4 is 5.73 Å². The van der Waals surface area contributed by atoms with Gasteiger partial charge in [0.2, 0.25) is 0 Å². The van der Waals surface area contributed by atoms with Crippen molar-refractivity contribution in [1.29, 1.82) is 0 Å². The van der Waals surface area contributed by atoms with Crippen LogP contribution >= 0.6 is 0 Å². The zero-order chi connectivity index (χ0) is 11.9. The number of carbonyl (C=O) groups is 1. The summed E-state index contributed by atoms with van der Waals surface area (Å²) in [5.74, 6) is 0.0767. The van der Waals surface area contributed by atoms with Gasteiger partial charge in [0.05, 0.1) is 12.1 Å². The molecule has 3 N–H and O–H groups in total. The first-order chi connectivity index (χ1) is 7.57. The molecule has 2 rings (SSSR count). The average molecular weight is 218 g/mol. The minimum atomic E-state index is -0.103. The van der Waals surface area contributed by atoms with Crippen LogP contribution in [-0.2, 0) is 7.05 Å². The molecule has 0 radical (unpaired) electrons. The number of nitrogens with two attached hydrogens (primary N) is 1. The van der Waals surface area contributed by atoms with E-state index in [4.69, 9.17) is 5.73 Å². The van der Waals surface area contributed by atoms with E-state index in [2.05, 4.69) is 0 Å². The second-order valence-electron chi connectivity index (χ2n) is 3.82.